The van der Waals surface area contributed by atoms with E-state index < -0.39 is 0 Å². The van der Waals surface area contributed by atoms with Crippen LogP contribution in [0.5, 0.6) is 0 Å². The molecule has 2 aliphatic heterocycles. The second-order valence-electron chi connectivity index (χ2n) is 7.71. The Labute approximate surface area is 191 Å². The average molecular weight is 518 g/mol. The van der Waals surface area contributed by atoms with E-state index in [1.165, 1.54) is 11.1 Å². The maximum absolute atomic E-state index is 9.39. The zero-order chi connectivity index (χ0) is 19.7. The molecule has 0 radical (unpaired) electrons. The number of aliphatic hydroxyl groups is 1. The summed E-state index contributed by atoms with van der Waals surface area (Å²) < 4.78 is 11.0. The Bertz CT molecular complexity index is 632. The van der Waals surface area contributed by atoms with Crippen LogP contribution in [-0.2, 0) is 22.6 Å². The number of guanidine groups is 1. The molecule has 1 aromatic rings. The van der Waals surface area contributed by atoms with E-state index in [1.807, 2.05) is 0 Å². The van der Waals surface area contributed by atoms with Crippen LogP contribution in [0.1, 0.15) is 24.0 Å². The van der Waals surface area contributed by atoms with Crippen LogP contribution in [0.2, 0.25) is 0 Å². The lowest BCUT2D eigenvalue weighted by Gasteiger charge is -2.28. The summed E-state index contributed by atoms with van der Waals surface area (Å²) in [7, 11) is 1.79. The lowest BCUT2D eigenvalue weighted by atomic mass is 9.84. The van der Waals surface area contributed by atoms with Gasteiger partial charge in [0.2, 0.25) is 0 Å². The molecule has 1 aromatic carbocycles. The minimum absolute atomic E-state index is 0. The number of hydrogen-bond acceptors (Lipinski definition) is 5. The minimum atomic E-state index is 0. The number of benzene rings is 1. The molecule has 0 bridgehead atoms. The second kappa shape index (κ2) is 12.7. The summed E-state index contributed by atoms with van der Waals surface area (Å²) in [6, 6.07) is 8.57. The van der Waals surface area contributed by atoms with E-state index in [4.69, 9.17) is 9.47 Å². The van der Waals surface area contributed by atoms with Crippen LogP contribution in [0, 0.1) is 5.41 Å². The fraction of sp³-hybridized carbons (Fsp3) is 0.667. The SMILES string of the molecule is CN=C(NCc1ccccc1CN1CCOCC1)NCC1(CCO)CCOC1.I. The molecular weight excluding hydrogens is 483 g/mol. The average Bonchev–Trinajstić information content (AvgIpc) is 3.19. The first kappa shape index (κ1) is 24.3. The van der Waals surface area contributed by atoms with Gasteiger partial charge in [-0.1, -0.05) is 24.3 Å². The number of hydrogen-bond donors (Lipinski definition) is 3. The number of ether oxygens (including phenoxy) is 2. The molecule has 0 spiro atoms. The number of aliphatic hydroxyl groups excluding tert-OH is 1. The lowest BCUT2D eigenvalue weighted by molar-refractivity contribution is 0.0341. The van der Waals surface area contributed by atoms with E-state index in [9.17, 15) is 5.11 Å². The summed E-state index contributed by atoms with van der Waals surface area (Å²) in [6.45, 7) is 7.68. The van der Waals surface area contributed by atoms with Crippen molar-refractivity contribution in [3.8, 4) is 0 Å². The highest BCUT2D eigenvalue weighted by molar-refractivity contribution is 14.0. The summed E-state index contributed by atoms with van der Waals surface area (Å²) in [5.74, 6) is 0.783. The van der Waals surface area contributed by atoms with Gasteiger partial charge in [-0.3, -0.25) is 9.89 Å². The zero-order valence-electron chi connectivity index (χ0n) is 17.4. The minimum Gasteiger partial charge on any atom is -0.396 e. The summed E-state index contributed by atoms with van der Waals surface area (Å²) in [4.78, 5) is 6.80. The quantitative estimate of drug-likeness (QED) is 0.276. The maximum atomic E-state index is 9.39. The Kier molecular flexibility index (Phi) is 10.6. The molecule has 0 saturated carbocycles. The van der Waals surface area contributed by atoms with Crippen molar-refractivity contribution in [3.63, 3.8) is 0 Å². The monoisotopic (exact) mass is 518 g/mol. The van der Waals surface area contributed by atoms with E-state index in [-0.39, 0.29) is 36.0 Å². The first-order valence-corrected chi connectivity index (χ1v) is 10.2. The number of nitrogens with zero attached hydrogens (tertiary/aromatic N) is 2. The van der Waals surface area contributed by atoms with E-state index >= 15 is 0 Å². The molecule has 2 saturated heterocycles. The molecule has 0 aromatic heterocycles. The molecule has 8 heteroatoms. The number of aliphatic imine (C=N–C) groups is 1. The predicted octanol–water partition coefficient (Wildman–Crippen LogP) is 1.59. The van der Waals surface area contributed by atoms with Gasteiger partial charge in [-0.05, 0) is 24.0 Å². The summed E-state index contributed by atoms with van der Waals surface area (Å²) in [5, 5.41) is 16.3. The van der Waals surface area contributed by atoms with Gasteiger partial charge in [0.15, 0.2) is 5.96 Å². The largest absolute Gasteiger partial charge is 0.396 e. The van der Waals surface area contributed by atoms with Crippen LogP contribution in [0.15, 0.2) is 29.3 Å². The van der Waals surface area contributed by atoms with Crippen molar-refractivity contribution in [1.29, 1.82) is 0 Å². The van der Waals surface area contributed by atoms with Crippen LogP contribution in [0.25, 0.3) is 0 Å². The molecule has 2 heterocycles. The van der Waals surface area contributed by atoms with Crippen LogP contribution in [0.3, 0.4) is 0 Å². The Hall–Kier alpha value is -0.940. The van der Waals surface area contributed by atoms with Crippen molar-refractivity contribution in [2.75, 3.05) is 59.7 Å². The molecule has 29 heavy (non-hydrogen) atoms. The van der Waals surface area contributed by atoms with Gasteiger partial charge in [-0.2, -0.15) is 0 Å². The van der Waals surface area contributed by atoms with Gasteiger partial charge in [0, 0.05) is 58.4 Å². The van der Waals surface area contributed by atoms with Gasteiger partial charge in [0.05, 0.1) is 19.8 Å². The Morgan fingerprint density at radius 3 is 2.55 bits per heavy atom. The molecule has 0 aliphatic carbocycles. The fourth-order valence-corrected chi connectivity index (χ4v) is 3.87. The summed E-state index contributed by atoms with van der Waals surface area (Å²) >= 11 is 0. The Balaban J connectivity index is 0.00000300. The second-order valence-corrected chi connectivity index (χ2v) is 7.71. The molecule has 1 atom stereocenters. The van der Waals surface area contributed by atoms with E-state index in [0.29, 0.717) is 6.61 Å². The van der Waals surface area contributed by atoms with Crippen LogP contribution < -0.4 is 10.6 Å². The topological polar surface area (TPSA) is 78.4 Å². The highest BCUT2D eigenvalue weighted by atomic mass is 127. The van der Waals surface area contributed by atoms with Crippen molar-refractivity contribution >= 4 is 29.9 Å². The van der Waals surface area contributed by atoms with Crippen molar-refractivity contribution in [2.24, 2.45) is 10.4 Å². The van der Waals surface area contributed by atoms with E-state index in [0.717, 1.165) is 71.3 Å². The molecule has 2 aliphatic rings. The third-order valence-electron chi connectivity index (χ3n) is 5.74. The molecule has 7 nitrogen and oxygen atoms in total. The van der Waals surface area contributed by atoms with Crippen molar-refractivity contribution < 1.29 is 14.6 Å². The summed E-state index contributed by atoms with van der Waals surface area (Å²) in [6.07, 6.45) is 1.72. The van der Waals surface area contributed by atoms with Gasteiger partial charge in [0.1, 0.15) is 0 Å². The van der Waals surface area contributed by atoms with E-state index in [2.05, 4.69) is 44.8 Å². The number of nitrogens with one attached hydrogen (secondary N) is 2. The number of morpholine rings is 1. The summed E-state index contributed by atoms with van der Waals surface area (Å²) in [5.41, 5.74) is 2.63. The molecule has 3 rings (SSSR count). The van der Waals surface area contributed by atoms with Crippen molar-refractivity contribution in [2.45, 2.75) is 25.9 Å². The molecular formula is C21H35IN4O3. The predicted molar refractivity (Wildman–Crippen MR) is 126 cm³/mol. The normalized spacial score (nSPS) is 22.9. The fourth-order valence-electron chi connectivity index (χ4n) is 3.87. The van der Waals surface area contributed by atoms with Crippen LogP contribution >= 0.6 is 24.0 Å². The van der Waals surface area contributed by atoms with E-state index in [1.54, 1.807) is 7.05 Å². The highest BCUT2D eigenvalue weighted by Crippen LogP contribution is 2.31. The zero-order valence-corrected chi connectivity index (χ0v) is 19.7. The van der Waals surface area contributed by atoms with Gasteiger partial charge in [-0.15, -0.1) is 24.0 Å². The van der Waals surface area contributed by atoms with Gasteiger partial charge in [0.25, 0.3) is 0 Å². The van der Waals surface area contributed by atoms with Crippen LogP contribution in [-0.4, -0.2) is 75.7 Å². The molecule has 3 N–H and O–H groups in total. The van der Waals surface area contributed by atoms with Crippen LogP contribution in [0.4, 0.5) is 0 Å². The third-order valence-corrected chi connectivity index (χ3v) is 5.74. The standard InChI is InChI=1S/C21H34N4O3.HI/c1-22-20(24-16-21(6-10-26)7-11-28-17-21)23-14-18-4-2-3-5-19(18)15-25-8-12-27-13-9-25;/h2-5,26H,6-17H2,1H3,(H2,22,23,24);1H. The number of rotatable bonds is 8. The van der Waals surface area contributed by atoms with Gasteiger partial charge in [-0.25, -0.2) is 0 Å². The molecule has 0 amide bonds. The van der Waals surface area contributed by atoms with Crippen molar-refractivity contribution in [1.82, 2.24) is 15.5 Å². The van der Waals surface area contributed by atoms with Gasteiger partial charge >= 0.3 is 0 Å². The maximum Gasteiger partial charge on any atom is 0.191 e. The van der Waals surface area contributed by atoms with Gasteiger partial charge < -0.3 is 25.2 Å². The number of halogens is 1. The first-order chi connectivity index (χ1) is 13.7. The Morgan fingerprint density at radius 1 is 1.14 bits per heavy atom. The third kappa shape index (κ3) is 7.36. The van der Waals surface area contributed by atoms with Crippen molar-refractivity contribution in [3.05, 3.63) is 35.4 Å². The molecule has 164 valence electrons. The molecule has 2 fully saturated rings. The lowest BCUT2D eigenvalue weighted by Crippen LogP contribution is -2.44. The first-order valence-electron chi connectivity index (χ1n) is 10.2. The smallest absolute Gasteiger partial charge is 0.191 e. The Morgan fingerprint density at radius 2 is 1.90 bits per heavy atom. The highest BCUT2D eigenvalue weighted by Gasteiger charge is 2.34. The molecule has 1 unspecified atom stereocenters.